The summed E-state index contributed by atoms with van der Waals surface area (Å²) < 4.78 is 7.49. The van der Waals surface area contributed by atoms with E-state index in [0.29, 0.717) is 0 Å². The van der Waals surface area contributed by atoms with E-state index in [0.717, 1.165) is 50.7 Å². The first kappa shape index (κ1) is 18.3. The number of nitrogens with one attached hydrogen (secondary N) is 1. The number of benzene rings is 1. The Balaban J connectivity index is 2.04. The molecule has 5 nitrogen and oxygen atoms in total. The van der Waals surface area contributed by atoms with Gasteiger partial charge in [-0.05, 0) is 37.2 Å². The molecule has 24 heavy (non-hydrogen) atoms. The molecule has 0 atom stereocenters. The monoisotopic (exact) mass is 330 g/mol. The predicted octanol–water partition coefficient (Wildman–Crippen LogP) is 3.76. The maximum absolute atomic E-state index is 5.52. The molecule has 132 valence electrons. The molecule has 0 saturated carbocycles. The van der Waals surface area contributed by atoms with Crippen LogP contribution in [0.3, 0.4) is 0 Å². The molecule has 0 bridgehead atoms. The highest BCUT2D eigenvalue weighted by Crippen LogP contribution is 2.22. The van der Waals surface area contributed by atoms with Crippen molar-refractivity contribution < 1.29 is 4.74 Å². The van der Waals surface area contributed by atoms with Crippen LogP contribution < -0.4 is 10.1 Å². The summed E-state index contributed by atoms with van der Waals surface area (Å²) in [5.41, 5.74) is 2.47. The van der Waals surface area contributed by atoms with Crippen molar-refractivity contribution in [3.05, 3.63) is 41.6 Å². The van der Waals surface area contributed by atoms with Crippen molar-refractivity contribution in [2.75, 3.05) is 25.5 Å². The highest BCUT2D eigenvalue weighted by molar-refractivity contribution is 5.40. The second-order valence-electron chi connectivity index (χ2n) is 5.93. The number of methoxy groups -OCH3 is 1. The summed E-state index contributed by atoms with van der Waals surface area (Å²) in [5, 5.41) is 7.92. The van der Waals surface area contributed by atoms with Gasteiger partial charge in [0.25, 0.3) is 0 Å². The molecule has 0 amide bonds. The van der Waals surface area contributed by atoms with Crippen LogP contribution in [-0.2, 0) is 19.6 Å². The smallest absolute Gasteiger partial charge is 0.148 e. The molecule has 2 aromatic rings. The highest BCUT2D eigenvalue weighted by Gasteiger charge is 2.09. The van der Waals surface area contributed by atoms with E-state index in [2.05, 4.69) is 54.3 Å². The third-order valence-electron chi connectivity index (χ3n) is 4.20. The van der Waals surface area contributed by atoms with E-state index in [-0.39, 0.29) is 0 Å². The minimum Gasteiger partial charge on any atom is -0.496 e. The third-order valence-corrected chi connectivity index (χ3v) is 4.20. The summed E-state index contributed by atoms with van der Waals surface area (Å²) in [5.74, 6) is 1.88. The Labute approximate surface area is 145 Å². The van der Waals surface area contributed by atoms with Gasteiger partial charge < -0.3 is 10.1 Å². The average molecular weight is 330 g/mol. The van der Waals surface area contributed by atoms with Gasteiger partial charge in [-0.3, -0.25) is 9.58 Å². The normalized spacial score (nSPS) is 11.0. The van der Waals surface area contributed by atoms with E-state index in [9.17, 15) is 0 Å². The highest BCUT2D eigenvalue weighted by atomic mass is 16.5. The molecule has 1 N–H and O–H groups in total. The standard InChI is InChI=1S/C19H30N4O/c1-5-11-23-12-10-19(21-23)20-14-16-8-9-18(24-4)17(13-16)15-22(6-2)7-3/h8-10,12-13H,5-7,11,14-15H2,1-4H3,(H,20,21). The summed E-state index contributed by atoms with van der Waals surface area (Å²) in [6.45, 7) is 11.2. The molecule has 0 saturated heterocycles. The minimum absolute atomic E-state index is 0.762. The van der Waals surface area contributed by atoms with Crippen LogP contribution in [0.2, 0.25) is 0 Å². The SMILES string of the molecule is CCCn1ccc(NCc2ccc(OC)c(CN(CC)CC)c2)n1. The molecular weight excluding hydrogens is 300 g/mol. The first-order valence-electron chi connectivity index (χ1n) is 8.85. The van der Waals surface area contributed by atoms with Crippen molar-refractivity contribution in [3.8, 4) is 5.75 Å². The lowest BCUT2D eigenvalue weighted by atomic mass is 10.1. The van der Waals surface area contributed by atoms with Crippen LogP contribution in [0.4, 0.5) is 5.82 Å². The molecule has 1 heterocycles. The zero-order chi connectivity index (χ0) is 17.4. The molecule has 1 aromatic carbocycles. The summed E-state index contributed by atoms with van der Waals surface area (Å²) in [4.78, 5) is 2.39. The van der Waals surface area contributed by atoms with E-state index < -0.39 is 0 Å². The van der Waals surface area contributed by atoms with Crippen LogP contribution in [0, 0.1) is 0 Å². The average Bonchev–Trinajstić information content (AvgIpc) is 3.06. The third kappa shape index (κ3) is 4.99. The Kier molecular flexibility index (Phi) is 7.12. The quantitative estimate of drug-likeness (QED) is 0.720. The number of anilines is 1. The van der Waals surface area contributed by atoms with Gasteiger partial charge in [-0.25, -0.2) is 0 Å². The van der Waals surface area contributed by atoms with Crippen LogP contribution in [0.15, 0.2) is 30.5 Å². The van der Waals surface area contributed by atoms with Crippen molar-refractivity contribution in [1.82, 2.24) is 14.7 Å². The Bertz CT molecular complexity index is 620. The van der Waals surface area contributed by atoms with Gasteiger partial charge in [-0.1, -0.05) is 26.8 Å². The Morgan fingerprint density at radius 2 is 1.96 bits per heavy atom. The maximum atomic E-state index is 5.52. The van der Waals surface area contributed by atoms with Crippen molar-refractivity contribution in [1.29, 1.82) is 0 Å². The number of hydrogen-bond acceptors (Lipinski definition) is 4. The second kappa shape index (κ2) is 9.33. The van der Waals surface area contributed by atoms with Crippen LogP contribution >= 0.6 is 0 Å². The Morgan fingerprint density at radius 1 is 1.17 bits per heavy atom. The lowest BCUT2D eigenvalue weighted by molar-refractivity contribution is 0.289. The lowest BCUT2D eigenvalue weighted by Gasteiger charge is -2.20. The Hall–Kier alpha value is -2.01. The van der Waals surface area contributed by atoms with Crippen LogP contribution in [0.5, 0.6) is 5.75 Å². The van der Waals surface area contributed by atoms with Gasteiger partial charge in [-0.15, -0.1) is 0 Å². The van der Waals surface area contributed by atoms with Crippen molar-refractivity contribution >= 4 is 5.82 Å². The van der Waals surface area contributed by atoms with Gasteiger partial charge >= 0.3 is 0 Å². The number of nitrogens with zero attached hydrogens (tertiary/aromatic N) is 3. The molecule has 0 radical (unpaired) electrons. The molecule has 0 fully saturated rings. The van der Waals surface area contributed by atoms with Crippen molar-refractivity contribution in [3.63, 3.8) is 0 Å². The fourth-order valence-electron chi connectivity index (χ4n) is 2.76. The van der Waals surface area contributed by atoms with Gasteiger partial charge in [0.05, 0.1) is 7.11 Å². The predicted molar refractivity (Wildman–Crippen MR) is 99.5 cm³/mol. The van der Waals surface area contributed by atoms with Gasteiger partial charge in [-0.2, -0.15) is 5.10 Å². The van der Waals surface area contributed by atoms with E-state index in [1.54, 1.807) is 7.11 Å². The van der Waals surface area contributed by atoms with Crippen molar-refractivity contribution in [2.24, 2.45) is 0 Å². The number of ether oxygens (including phenoxy) is 1. The lowest BCUT2D eigenvalue weighted by Crippen LogP contribution is -2.22. The zero-order valence-corrected chi connectivity index (χ0v) is 15.4. The van der Waals surface area contributed by atoms with Gasteiger partial charge in [0.2, 0.25) is 0 Å². The number of hydrogen-bond donors (Lipinski definition) is 1. The Morgan fingerprint density at radius 3 is 2.62 bits per heavy atom. The molecule has 0 aliphatic rings. The van der Waals surface area contributed by atoms with Crippen LogP contribution in [0.25, 0.3) is 0 Å². The van der Waals surface area contributed by atoms with E-state index in [1.807, 2.05) is 16.9 Å². The van der Waals surface area contributed by atoms with Crippen LogP contribution in [-0.4, -0.2) is 34.9 Å². The summed E-state index contributed by atoms with van der Waals surface area (Å²) in [7, 11) is 1.74. The molecule has 1 aromatic heterocycles. The molecule has 0 spiro atoms. The second-order valence-corrected chi connectivity index (χ2v) is 5.93. The topological polar surface area (TPSA) is 42.3 Å². The largest absolute Gasteiger partial charge is 0.496 e. The summed E-state index contributed by atoms with van der Waals surface area (Å²) >= 11 is 0. The summed E-state index contributed by atoms with van der Waals surface area (Å²) in [6, 6.07) is 8.43. The van der Waals surface area contributed by atoms with Gasteiger partial charge in [0.1, 0.15) is 11.6 Å². The molecular formula is C19H30N4O. The molecule has 0 unspecified atom stereocenters. The molecule has 2 rings (SSSR count). The van der Waals surface area contributed by atoms with E-state index in [1.165, 1.54) is 11.1 Å². The fourth-order valence-corrected chi connectivity index (χ4v) is 2.76. The van der Waals surface area contributed by atoms with E-state index >= 15 is 0 Å². The summed E-state index contributed by atoms with van der Waals surface area (Å²) in [6.07, 6.45) is 3.11. The van der Waals surface area contributed by atoms with Crippen molar-refractivity contribution in [2.45, 2.75) is 46.8 Å². The van der Waals surface area contributed by atoms with Gasteiger partial charge in [0, 0.05) is 37.5 Å². The number of rotatable bonds is 10. The first-order chi connectivity index (χ1) is 11.7. The number of aryl methyl sites for hydroxylation is 1. The van der Waals surface area contributed by atoms with E-state index in [4.69, 9.17) is 4.74 Å². The number of aromatic nitrogens is 2. The minimum atomic E-state index is 0.762. The molecule has 0 aliphatic heterocycles. The van der Waals surface area contributed by atoms with Crippen LogP contribution in [0.1, 0.15) is 38.3 Å². The maximum Gasteiger partial charge on any atom is 0.148 e. The van der Waals surface area contributed by atoms with Gasteiger partial charge in [0.15, 0.2) is 0 Å². The molecule has 0 aliphatic carbocycles. The fraction of sp³-hybridized carbons (Fsp3) is 0.526. The first-order valence-corrected chi connectivity index (χ1v) is 8.85. The zero-order valence-electron chi connectivity index (χ0n) is 15.4. The molecule has 5 heteroatoms.